The zero-order valence-corrected chi connectivity index (χ0v) is 12.2. The third-order valence-corrected chi connectivity index (χ3v) is 5.22. The van der Waals surface area contributed by atoms with Gasteiger partial charge in [-0.1, -0.05) is 18.9 Å². The van der Waals surface area contributed by atoms with Gasteiger partial charge in [-0.15, -0.1) is 0 Å². The molecule has 1 aliphatic heterocycles. The summed E-state index contributed by atoms with van der Waals surface area (Å²) in [6, 6.07) is 6.31. The summed E-state index contributed by atoms with van der Waals surface area (Å²) in [4.78, 5) is 15.2. The maximum atomic E-state index is 13.1. The highest BCUT2D eigenvalue weighted by molar-refractivity contribution is 6.06. The number of aromatic nitrogens is 2. The maximum absolute atomic E-state index is 13.1. The number of hydrogen-bond acceptors (Lipinski definition) is 2. The third-order valence-electron chi connectivity index (χ3n) is 5.22. The molecule has 1 N–H and O–H groups in total. The van der Waals surface area contributed by atoms with Gasteiger partial charge in [-0.2, -0.15) is 5.10 Å². The second-order valence-electron chi connectivity index (χ2n) is 6.39. The van der Waals surface area contributed by atoms with E-state index in [2.05, 4.69) is 15.1 Å². The molecule has 1 saturated heterocycles. The summed E-state index contributed by atoms with van der Waals surface area (Å²) < 4.78 is 0. The van der Waals surface area contributed by atoms with Gasteiger partial charge in [0.2, 0.25) is 0 Å². The fourth-order valence-corrected chi connectivity index (χ4v) is 4.19. The Kier molecular flexibility index (Phi) is 3.17. The quantitative estimate of drug-likeness (QED) is 0.872. The Hall–Kier alpha value is -1.84. The molecule has 0 unspecified atom stereocenters. The van der Waals surface area contributed by atoms with E-state index in [9.17, 15) is 4.79 Å². The lowest BCUT2D eigenvalue weighted by atomic mass is 9.78. The van der Waals surface area contributed by atoms with E-state index in [1.807, 2.05) is 18.2 Å². The number of rotatable bonds is 1. The molecule has 2 atom stereocenters. The summed E-state index contributed by atoms with van der Waals surface area (Å²) in [6.07, 6.45) is 9.28. The molecule has 1 aromatic heterocycles. The molecule has 4 heteroatoms. The molecule has 21 heavy (non-hydrogen) atoms. The second-order valence-corrected chi connectivity index (χ2v) is 6.39. The molecular weight excluding hydrogens is 262 g/mol. The number of carbonyl (C=O) groups is 1. The zero-order valence-electron chi connectivity index (χ0n) is 12.2. The highest BCUT2D eigenvalue weighted by Crippen LogP contribution is 2.36. The molecule has 4 nitrogen and oxygen atoms in total. The van der Waals surface area contributed by atoms with Crippen LogP contribution in [0.3, 0.4) is 0 Å². The van der Waals surface area contributed by atoms with Crippen LogP contribution in [0.4, 0.5) is 0 Å². The van der Waals surface area contributed by atoms with Crippen molar-refractivity contribution in [3.63, 3.8) is 0 Å². The molecule has 1 aliphatic carbocycles. The molecule has 0 bridgehead atoms. The first-order valence-corrected chi connectivity index (χ1v) is 8.07. The summed E-state index contributed by atoms with van der Waals surface area (Å²) in [5.41, 5.74) is 1.74. The van der Waals surface area contributed by atoms with Crippen molar-refractivity contribution in [1.82, 2.24) is 15.1 Å². The van der Waals surface area contributed by atoms with Crippen LogP contribution in [-0.2, 0) is 0 Å². The fraction of sp³-hybridized carbons (Fsp3) is 0.529. The number of nitrogens with one attached hydrogen (secondary N) is 1. The largest absolute Gasteiger partial charge is 0.335 e. The predicted octanol–water partition coefficient (Wildman–Crippen LogP) is 3.36. The topological polar surface area (TPSA) is 49.0 Å². The van der Waals surface area contributed by atoms with Crippen molar-refractivity contribution in [2.24, 2.45) is 5.92 Å². The normalized spacial score (nSPS) is 25.8. The lowest BCUT2D eigenvalue weighted by Gasteiger charge is -2.44. The van der Waals surface area contributed by atoms with Crippen LogP contribution in [0.15, 0.2) is 24.4 Å². The molecule has 2 heterocycles. The van der Waals surface area contributed by atoms with Gasteiger partial charge in [-0.05, 0) is 43.7 Å². The minimum Gasteiger partial charge on any atom is -0.335 e. The number of piperidine rings is 1. The number of likely N-dealkylation sites (tertiary alicyclic amines) is 1. The van der Waals surface area contributed by atoms with E-state index >= 15 is 0 Å². The van der Waals surface area contributed by atoms with E-state index in [0.717, 1.165) is 35.3 Å². The smallest absolute Gasteiger partial charge is 0.254 e. The van der Waals surface area contributed by atoms with Crippen LogP contribution in [0.25, 0.3) is 10.9 Å². The first-order valence-electron chi connectivity index (χ1n) is 8.07. The molecule has 4 rings (SSSR count). The van der Waals surface area contributed by atoms with Gasteiger partial charge >= 0.3 is 0 Å². The molecule has 1 aromatic carbocycles. The van der Waals surface area contributed by atoms with Crippen molar-refractivity contribution in [1.29, 1.82) is 0 Å². The number of H-pyrrole nitrogens is 1. The van der Waals surface area contributed by atoms with E-state index in [4.69, 9.17) is 0 Å². The van der Waals surface area contributed by atoms with Crippen LogP contribution < -0.4 is 0 Å². The number of hydrogen-bond donors (Lipinski definition) is 1. The minimum atomic E-state index is 0.193. The standard InChI is InChI=1S/C17H21N3O/c21-17(13-7-3-8-15-14(13)11-18-19-15)20-10-4-6-12-5-1-2-9-16(12)20/h3,7-8,11-12,16H,1-2,4-6,9-10H2,(H,18,19)/t12-,16-/m0/s1. The molecular formula is C17H21N3O. The molecule has 1 amide bonds. The van der Waals surface area contributed by atoms with Crippen molar-refractivity contribution in [3.8, 4) is 0 Å². The Bertz CT molecular complexity index is 661. The van der Waals surface area contributed by atoms with Gasteiger partial charge < -0.3 is 4.90 Å². The summed E-state index contributed by atoms with van der Waals surface area (Å²) in [6.45, 7) is 0.911. The Morgan fingerprint density at radius 3 is 3.00 bits per heavy atom. The molecule has 1 saturated carbocycles. The average Bonchev–Trinajstić information content (AvgIpc) is 3.02. The summed E-state index contributed by atoms with van der Waals surface area (Å²) >= 11 is 0. The highest BCUT2D eigenvalue weighted by Gasteiger charge is 2.36. The number of carbonyl (C=O) groups excluding carboxylic acids is 1. The van der Waals surface area contributed by atoms with Crippen LogP contribution in [-0.4, -0.2) is 33.6 Å². The molecule has 0 spiro atoms. The van der Waals surface area contributed by atoms with Crippen LogP contribution in [0, 0.1) is 5.92 Å². The van der Waals surface area contributed by atoms with Gasteiger partial charge in [0.25, 0.3) is 5.91 Å². The van der Waals surface area contributed by atoms with Crippen LogP contribution in [0.1, 0.15) is 48.9 Å². The summed E-state index contributed by atoms with van der Waals surface area (Å²) in [7, 11) is 0. The third kappa shape index (κ3) is 2.13. The lowest BCUT2D eigenvalue weighted by Crippen LogP contribution is -2.49. The predicted molar refractivity (Wildman–Crippen MR) is 82.1 cm³/mol. The van der Waals surface area contributed by atoms with Crippen molar-refractivity contribution in [3.05, 3.63) is 30.0 Å². The van der Waals surface area contributed by atoms with E-state index < -0.39 is 0 Å². The molecule has 2 fully saturated rings. The Morgan fingerprint density at radius 1 is 1.19 bits per heavy atom. The molecule has 110 valence electrons. The monoisotopic (exact) mass is 283 g/mol. The Morgan fingerprint density at radius 2 is 2.05 bits per heavy atom. The van der Waals surface area contributed by atoms with Crippen molar-refractivity contribution in [2.45, 2.75) is 44.6 Å². The lowest BCUT2D eigenvalue weighted by molar-refractivity contribution is 0.0392. The van der Waals surface area contributed by atoms with Crippen LogP contribution in [0.5, 0.6) is 0 Å². The number of amides is 1. The Balaban J connectivity index is 1.68. The van der Waals surface area contributed by atoms with E-state index in [1.54, 1.807) is 6.20 Å². The number of fused-ring (bicyclic) bond motifs is 2. The maximum Gasteiger partial charge on any atom is 0.254 e. The van der Waals surface area contributed by atoms with Gasteiger partial charge in [0.15, 0.2) is 0 Å². The van der Waals surface area contributed by atoms with Crippen LogP contribution >= 0.6 is 0 Å². The van der Waals surface area contributed by atoms with Crippen molar-refractivity contribution >= 4 is 16.8 Å². The molecule has 2 aliphatic rings. The van der Waals surface area contributed by atoms with Gasteiger partial charge in [0.1, 0.15) is 0 Å². The zero-order chi connectivity index (χ0) is 14.2. The average molecular weight is 283 g/mol. The van der Waals surface area contributed by atoms with Gasteiger partial charge in [0.05, 0.1) is 17.3 Å². The summed E-state index contributed by atoms with van der Waals surface area (Å²) in [5, 5.41) is 7.97. The number of aromatic amines is 1. The second kappa shape index (κ2) is 5.17. The molecule has 0 radical (unpaired) electrons. The van der Waals surface area contributed by atoms with E-state index in [-0.39, 0.29) is 5.91 Å². The number of benzene rings is 1. The van der Waals surface area contributed by atoms with Gasteiger partial charge in [0, 0.05) is 18.0 Å². The highest BCUT2D eigenvalue weighted by atomic mass is 16.2. The van der Waals surface area contributed by atoms with Crippen molar-refractivity contribution < 1.29 is 4.79 Å². The Labute approximate surface area is 124 Å². The number of nitrogens with zero attached hydrogens (tertiary/aromatic N) is 2. The summed E-state index contributed by atoms with van der Waals surface area (Å²) in [5.74, 6) is 0.915. The molecule has 2 aromatic rings. The van der Waals surface area contributed by atoms with Crippen molar-refractivity contribution in [2.75, 3.05) is 6.54 Å². The first kappa shape index (κ1) is 12.9. The van der Waals surface area contributed by atoms with Gasteiger partial charge in [-0.3, -0.25) is 9.89 Å². The SMILES string of the molecule is O=C(c1cccc2[nH]ncc12)N1CCC[C@@H]2CCCC[C@@H]21. The van der Waals surface area contributed by atoms with Crippen LogP contribution in [0.2, 0.25) is 0 Å². The first-order chi connectivity index (χ1) is 10.3. The van der Waals surface area contributed by atoms with Gasteiger partial charge in [-0.25, -0.2) is 0 Å². The minimum absolute atomic E-state index is 0.193. The van der Waals surface area contributed by atoms with E-state index in [1.165, 1.54) is 32.1 Å². The van der Waals surface area contributed by atoms with E-state index in [0.29, 0.717) is 6.04 Å². The fourth-order valence-electron chi connectivity index (χ4n) is 4.19.